The Bertz CT molecular complexity index is 1030. The van der Waals surface area contributed by atoms with E-state index in [2.05, 4.69) is 22.1 Å². The summed E-state index contributed by atoms with van der Waals surface area (Å²) < 4.78 is 0. The van der Waals surface area contributed by atoms with Gasteiger partial charge in [0.2, 0.25) is 5.82 Å². The van der Waals surface area contributed by atoms with Gasteiger partial charge in [0.25, 0.3) is 5.69 Å². The van der Waals surface area contributed by atoms with Crippen LogP contribution in [0.1, 0.15) is 11.1 Å². The molecule has 0 spiro atoms. The molecule has 9 nitrogen and oxygen atoms in total. The summed E-state index contributed by atoms with van der Waals surface area (Å²) in [6.07, 6.45) is 3.61. The normalized spacial score (nSPS) is 12.4. The van der Waals surface area contributed by atoms with Crippen molar-refractivity contribution < 1.29 is 9.85 Å². The largest absolute Gasteiger partial charge is 0.346 e. The van der Waals surface area contributed by atoms with Gasteiger partial charge in [-0.25, -0.2) is 9.97 Å². The van der Waals surface area contributed by atoms with Crippen molar-refractivity contribution in [2.75, 3.05) is 11.4 Å². The van der Waals surface area contributed by atoms with Gasteiger partial charge in [0.15, 0.2) is 0 Å². The zero-order chi connectivity index (χ0) is 20.8. The van der Waals surface area contributed by atoms with Crippen molar-refractivity contribution >= 4 is 28.8 Å². The van der Waals surface area contributed by atoms with Crippen LogP contribution < -0.4 is 4.90 Å². The maximum atomic E-state index is 11.0. The first-order valence-electron chi connectivity index (χ1n) is 8.63. The van der Waals surface area contributed by atoms with E-state index in [4.69, 9.17) is 11.6 Å². The molecule has 0 atom stereocenters. The predicted molar refractivity (Wildman–Crippen MR) is 108 cm³/mol. The fourth-order valence-corrected chi connectivity index (χ4v) is 3.04. The summed E-state index contributed by atoms with van der Waals surface area (Å²) in [5.41, 5.74) is 2.55. The van der Waals surface area contributed by atoms with Crippen LogP contribution in [0, 0.1) is 20.2 Å². The smallest absolute Gasteiger partial charge is 0.311 e. The molecule has 0 N–H and O–H groups in total. The molecule has 148 valence electrons. The van der Waals surface area contributed by atoms with E-state index in [0.717, 1.165) is 19.2 Å². The third-order valence-corrected chi connectivity index (χ3v) is 4.54. The summed E-state index contributed by atoms with van der Waals surface area (Å²) in [6, 6.07) is 14.0. The average Bonchev–Trinajstić information content (AvgIpc) is 2.74. The molecule has 0 saturated carbocycles. The highest BCUT2D eigenvalue weighted by molar-refractivity contribution is 6.29. The monoisotopic (exact) mass is 413 g/mol. The van der Waals surface area contributed by atoms with Crippen LogP contribution in [-0.2, 0) is 13.0 Å². The maximum absolute atomic E-state index is 11.0. The summed E-state index contributed by atoms with van der Waals surface area (Å²) in [5, 5.41) is 21.3. The first-order chi connectivity index (χ1) is 14.0. The highest BCUT2D eigenvalue weighted by Gasteiger charge is 2.23. The van der Waals surface area contributed by atoms with Crippen molar-refractivity contribution in [3.05, 3.63) is 97.4 Å². The summed E-state index contributed by atoms with van der Waals surface area (Å²) in [6.45, 7) is 1.43. The number of rotatable bonds is 3. The number of anilines is 1. The molecule has 0 fully saturated rings. The lowest BCUT2D eigenvalue weighted by Crippen LogP contribution is -2.31. The van der Waals surface area contributed by atoms with Gasteiger partial charge in [-0.05, 0) is 29.7 Å². The average molecular weight is 414 g/mol. The maximum Gasteiger partial charge on any atom is 0.311 e. The first-order valence-corrected chi connectivity index (χ1v) is 9.00. The van der Waals surface area contributed by atoms with Crippen molar-refractivity contribution in [2.45, 2.75) is 13.0 Å². The Labute approximate surface area is 170 Å². The molecule has 0 amide bonds. The van der Waals surface area contributed by atoms with Gasteiger partial charge in [0.1, 0.15) is 11.3 Å². The van der Waals surface area contributed by atoms with E-state index >= 15 is 0 Å². The number of pyridine rings is 2. The zero-order valence-corrected chi connectivity index (χ0v) is 15.9. The molecule has 10 heteroatoms. The highest BCUT2D eigenvalue weighted by Crippen LogP contribution is 2.29. The second kappa shape index (κ2) is 9.07. The lowest BCUT2D eigenvalue weighted by Gasteiger charge is -2.29. The summed E-state index contributed by atoms with van der Waals surface area (Å²) >= 11 is 5.38. The van der Waals surface area contributed by atoms with Crippen LogP contribution in [0.15, 0.2) is 60.9 Å². The van der Waals surface area contributed by atoms with E-state index in [-0.39, 0.29) is 21.5 Å². The number of nitro groups is 2. The Kier molecular flexibility index (Phi) is 6.30. The van der Waals surface area contributed by atoms with Crippen LogP contribution >= 0.6 is 11.6 Å². The highest BCUT2D eigenvalue weighted by atomic mass is 35.5. The van der Waals surface area contributed by atoms with E-state index in [1.807, 2.05) is 17.0 Å². The van der Waals surface area contributed by atoms with Crippen molar-refractivity contribution in [1.82, 2.24) is 9.97 Å². The minimum Gasteiger partial charge on any atom is -0.346 e. The SMILES string of the molecule is O=[N+]([O-])c1ccc(Cl)nc1.O=[N+]([O-])c1cccnc1N1CCc2ccccc2C1. The quantitative estimate of drug-likeness (QED) is 0.359. The molecule has 0 bridgehead atoms. The lowest BCUT2D eigenvalue weighted by molar-refractivity contribution is -0.385. The van der Waals surface area contributed by atoms with Crippen molar-refractivity contribution in [3.8, 4) is 0 Å². The fraction of sp³-hybridized carbons (Fsp3) is 0.158. The summed E-state index contributed by atoms with van der Waals surface area (Å²) in [4.78, 5) is 29.9. The predicted octanol–water partition coefficient (Wildman–Crippen LogP) is 4.20. The summed E-state index contributed by atoms with van der Waals surface area (Å²) in [7, 11) is 0. The second-order valence-corrected chi connectivity index (χ2v) is 6.53. The fourth-order valence-electron chi connectivity index (χ4n) is 2.93. The van der Waals surface area contributed by atoms with E-state index in [0.29, 0.717) is 12.4 Å². The third-order valence-electron chi connectivity index (χ3n) is 4.32. The van der Waals surface area contributed by atoms with E-state index in [1.54, 1.807) is 12.3 Å². The van der Waals surface area contributed by atoms with Gasteiger partial charge in [-0.15, -0.1) is 0 Å². The third kappa shape index (κ3) is 5.02. The number of aromatic nitrogens is 2. The molecule has 3 heterocycles. The van der Waals surface area contributed by atoms with Crippen LogP contribution in [0.5, 0.6) is 0 Å². The van der Waals surface area contributed by atoms with Crippen LogP contribution in [0.4, 0.5) is 17.2 Å². The van der Waals surface area contributed by atoms with Crippen LogP contribution in [0.3, 0.4) is 0 Å². The molecular weight excluding hydrogens is 398 g/mol. The van der Waals surface area contributed by atoms with Crippen molar-refractivity contribution in [1.29, 1.82) is 0 Å². The molecule has 0 aliphatic carbocycles. The molecule has 3 aromatic rings. The van der Waals surface area contributed by atoms with E-state index in [9.17, 15) is 20.2 Å². The van der Waals surface area contributed by atoms with Crippen LogP contribution in [-0.4, -0.2) is 26.4 Å². The van der Waals surface area contributed by atoms with E-state index < -0.39 is 4.92 Å². The Morgan fingerprint density at radius 3 is 2.34 bits per heavy atom. The Hall–Kier alpha value is -3.59. The molecule has 0 saturated heterocycles. The molecule has 1 aromatic carbocycles. The number of nitrogens with zero attached hydrogens (tertiary/aromatic N) is 5. The minimum atomic E-state index is -0.524. The standard InChI is InChI=1S/C14H13N3O2.C5H3ClN2O2/c18-17(19)13-6-3-8-15-14(13)16-9-7-11-4-1-2-5-12(11)10-16;6-5-2-1-4(3-7-5)8(9)10/h1-6,8H,7,9-10H2;1-3H. The molecule has 2 aromatic heterocycles. The summed E-state index contributed by atoms with van der Waals surface area (Å²) in [5.74, 6) is 0.460. The van der Waals surface area contributed by atoms with Gasteiger partial charge in [0, 0.05) is 31.4 Å². The number of halogens is 1. The lowest BCUT2D eigenvalue weighted by atomic mass is 10.00. The Morgan fingerprint density at radius 2 is 1.69 bits per heavy atom. The van der Waals surface area contributed by atoms with Crippen LogP contribution in [0.2, 0.25) is 5.15 Å². The Morgan fingerprint density at radius 1 is 0.931 bits per heavy atom. The Balaban J connectivity index is 0.000000204. The molecule has 1 aliphatic heterocycles. The topological polar surface area (TPSA) is 115 Å². The molecule has 0 unspecified atom stereocenters. The number of fused-ring (bicyclic) bond motifs is 1. The molecular formula is C19H16ClN5O4. The van der Waals surface area contributed by atoms with Gasteiger partial charge >= 0.3 is 5.69 Å². The number of hydrogen-bond donors (Lipinski definition) is 0. The van der Waals surface area contributed by atoms with Gasteiger partial charge in [-0.2, -0.15) is 0 Å². The first kappa shape index (κ1) is 20.2. The molecule has 0 radical (unpaired) electrons. The van der Waals surface area contributed by atoms with Crippen molar-refractivity contribution in [2.24, 2.45) is 0 Å². The minimum absolute atomic E-state index is 0.0515. The van der Waals surface area contributed by atoms with Gasteiger partial charge in [0.05, 0.1) is 9.85 Å². The van der Waals surface area contributed by atoms with Crippen molar-refractivity contribution in [3.63, 3.8) is 0 Å². The zero-order valence-electron chi connectivity index (χ0n) is 15.1. The molecule has 29 heavy (non-hydrogen) atoms. The van der Waals surface area contributed by atoms with E-state index in [1.165, 1.54) is 29.3 Å². The number of benzene rings is 1. The molecule has 1 aliphatic rings. The molecule has 4 rings (SSSR count). The van der Waals surface area contributed by atoms with Gasteiger partial charge in [-0.1, -0.05) is 35.9 Å². The second-order valence-electron chi connectivity index (χ2n) is 6.14. The number of hydrogen-bond acceptors (Lipinski definition) is 7. The van der Waals surface area contributed by atoms with Gasteiger partial charge in [-0.3, -0.25) is 20.2 Å². The van der Waals surface area contributed by atoms with Crippen LogP contribution in [0.25, 0.3) is 0 Å². The van der Waals surface area contributed by atoms with Gasteiger partial charge < -0.3 is 4.90 Å².